The molecule has 1 aromatic carbocycles. The predicted octanol–water partition coefficient (Wildman–Crippen LogP) is 3.27. The predicted molar refractivity (Wildman–Crippen MR) is 81.0 cm³/mol. The van der Waals surface area contributed by atoms with Crippen LogP contribution in [0.3, 0.4) is 0 Å². The fourth-order valence-electron chi connectivity index (χ4n) is 2.34. The summed E-state index contributed by atoms with van der Waals surface area (Å²) in [4.78, 5) is 16.0. The van der Waals surface area contributed by atoms with Crippen LogP contribution in [0.25, 0.3) is 0 Å². The molecule has 4 nitrogen and oxygen atoms in total. The molecule has 1 amide bonds. The fourth-order valence-corrected chi connectivity index (χ4v) is 2.34. The summed E-state index contributed by atoms with van der Waals surface area (Å²) in [5.74, 6) is -0.232. The van der Waals surface area contributed by atoms with E-state index in [9.17, 15) is 9.18 Å². The lowest BCUT2D eigenvalue weighted by molar-refractivity contribution is 0.0263. The Hall–Kier alpha value is -1.78. The molecule has 1 fully saturated rings. The van der Waals surface area contributed by atoms with Gasteiger partial charge in [-0.15, -0.1) is 0 Å². The van der Waals surface area contributed by atoms with Crippen LogP contribution < -0.4 is 4.90 Å². The third kappa shape index (κ3) is 4.62. The average Bonchev–Trinajstić information content (AvgIpc) is 2.63. The van der Waals surface area contributed by atoms with Crippen molar-refractivity contribution in [3.05, 3.63) is 30.1 Å². The smallest absolute Gasteiger partial charge is 0.410 e. The standard InChI is InChI=1S/C16H23FN2O2/c1-16(2,3)21-15(20)19-10-4-9-18(11-12-19)14-7-5-13(17)6-8-14/h5-8H,4,9-12H2,1-3H3. The minimum absolute atomic E-state index is 0.232. The molecule has 1 heterocycles. The second-order valence-corrected chi connectivity index (χ2v) is 6.28. The molecule has 0 radical (unpaired) electrons. The first-order valence-corrected chi connectivity index (χ1v) is 7.33. The number of anilines is 1. The maximum atomic E-state index is 13.0. The molecule has 21 heavy (non-hydrogen) atoms. The van der Waals surface area contributed by atoms with Gasteiger partial charge in [0.2, 0.25) is 0 Å². The van der Waals surface area contributed by atoms with E-state index >= 15 is 0 Å². The van der Waals surface area contributed by atoms with Crippen molar-refractivity contribution in [3.63, 3.8) is 0 Å². The number of carbonyl (C=O) groups is 1. The lowest BCUT2D eigenvalue weighted by atomic mass is 10.2. The molecule has 0 aromatic heterocycles. The van der Waals surface area contributed by atoms with Crippen molar-refractivity contribution in [2.75, 3.05) is 31.1 Å². The van der Waals surface area contributed by atoms with Gasteiger partial charge in [0.05, 0.1) is 0 Å². The summed E-state index contributed by atoms with van der Waals surface area (Å²) in [5.41, 5.74) is 0.516. The van der Waals surface area contributed by atoms with Gasteiger partial charge in [0.1, 0.15) is 11.4 Å². The minimum atomic E-state index is -0.472. The number of halogens is 1. The Bertz CT molecular complexity index is 482. The van der Waals surface area contributed by atoms with Gasteiger partial charge in [-0.05, 0) is 51.5 Å². The van der Waals surface area contributed by atoms with Crippen LogP contribution >= 0.6 is 0 Å². The third-order valence-corrected chi connectivity index (χ3v) is 3.34. The molecule has 0 unspecified atom stereocenters. The Morgan fingerprint density at radius 2 is 1.76 bits per heavy atom. The minimum Gasteiger partial charge on any atom is -0.444 e. The zero-order valence-corrected chi connectivity index (χ0v) is 12.9. The van der Waals surface area contributed by atoms with Gasteiger partial charge in [0.25, 0.3) is 0 Å². The Morgan fingerprint density at radius 3 is 2.38 bits per heavy atom. The number of hydrogen-bond acceptors (Lipinski definition) is 3. The van der Waals surface area contributed by atoms with Crippen molar-refractivity contribution in [2.24, 2.45) is 0 Å². The van der Waals surface area contributed by atoms with E-state index in [0.29, 0.717) is 13.1 Å². The first-order valence-electron chi connectivity index (χ1n) is 7.33. The molecule has 0 spiro atoms. The summed E-state index contributed by atoms with van der Waals surface area (Å²) in [6.07, 6.45) is 0.611. The molecule has 1 aliphatic rings. The molecule has 5 heteroatoms. The van der Waals surface area contributed by atoms with Crippen molar-refractivity contribution in [3.8, 4) is 0 Å². The maximum Gasteiger partial charge on any atom is 0.410 e. The van der Waals surface area contributed by atoms with Crippen molar-refractivity contribution in [1.29, 1.82) is 0 Å². The Kier molecular flexibility index (Phi) is 4.70. The Labute approximate surface area is 125 Å². The van der Waals surface area contributed by atoms with Gasteiger partial charge in [-0.1, -0.05) is 0 Å². The van der Waals surface area contributed by atoms with Gasteiger partial charge in [-0.2, -0.15) is 0 Å². The van der Waals surface area contributed by atoms with E-state index in [4.69, 9.17) is 4.74 Å². The first kappa shape index (κ1) is 15.6. The molecule has 2 rings (SSSR count). The van der Waals surface area contributed by atoms with Crippen LogP contribution in [0.4, 0.5) is 14.9 Å². The van der Waals surface area contributed by atoms with E-state index in [1.54, 1.807) is 17.0 Å². The normalized spacial score (nSPS) is 16.6. The number of rotatable bonds is 1. The van der Waals surface area contributed by atoms with Crippen LogP contribution in [0, 0.1) is 5.82 Å². The molecule has 0 aliphatic carbocycles. The molecular weight excluding hydrogens is 271 g/mol. The van der Waals surface area contributed by atoms with Crippen LogP contribution in [0.5, 0.6) is 0 Å². The molecule has 0 bridgehead atoms. The van der Waals surface area contributed by atoms with Crippen LogP contribution in [0.2, 0.25) is 0 Å². The fraction of sp³-hybridized carbons (Fsp3) is 0.562. The van der Waals surface area contributed by atoms with E-state index in [1.165, 1.54) is 12.1 Å². The third-order valence-electron chi connectivity index (χ3n) is 3.34. The highest BCUT2D eigenvalue weighted by molar-refractivity contribution is 5.68. The van der Waals surface area contributed by atoms with E-state index in [-0.39, 0.29) is 11.9 Å². The second-order valence-electron chi connectivity index (χ2n) is 6.28. The van der Waals surface area contributed by atoms with Crippen LogP contribution in [0.1, 0.15) is 27.2 Å². The van der Waals surface area contributed by atoms with Gasteiger partial charge in [0, 0.05) is 31.9 Å². The summed E-state index contributed by atoms with van der Waals surface area (Å²) < 4.78 is 18.4. The molecule has 1 aliphatic heterocycles. The summed E-state index contributed by atoms with van der Waals surface area (Å²) in [6.45, 7) is 8.49. The van der Waals surface area contributed by atoms with Gasteiger partial charge >= 0.3 is 6.09 Å². The van der Waals surface area contributed by atoms with Crippen molar-refractivity contribution in [2.45, 2.75) is 32.8 Å². The largest absolute Gasteiger partial charge is 0.444 e. The molecule has 0 saturated carbocycles. The van der Waals surface area contributed by atoms with Gasteiger partial charge in [-0.25, -0.2) is 9.18 Å². The number of ether oxygens (including phenoxy) is 1. The Balaban J connectivity index is 1.95. The van der Waals surface area contributed by atoms with E-state index < -0.39 is 5.60 Å². The lowest BCUT2D eigenvalue weighted by Gasteiger charge is -2.27. The highest BCUT2D eigenvalue weighted by Gasteiger charge is 2.24. The summed E-state index contributed by atoms with van der Waals surface area (Å²) in [6, 6.07) is 6.48. The summed E-state index contributed by atoms with van der Waals surface area (Å²) in [5, 5.41) is 0. The quantitative estimate of drug-likeness (QED) is 0.797. The monoisotopic (exact) mass is 294 g/mol. The highest BCUT2D eigenvalue weighted by atomic mass is 19.1. The second kappa shape index (κ2) is 6.33. The number of amides is 1. The van der Waals surface area contributed by atoms with E-state index in [1.807, 2.05) is 20.8 Å². The SMILES string of the molecule is CC(C)(C)OC(=O)N1CCCN(c2ccc(F)cc2)CC1. The molecule has 0 N–H and O–H groups in total. The molecule has 1 saturated heterocycles. The van der Waals surface area contributed by atoms with Gasteiger partial charge in [-0.3, -0.25) is 0 Å². The average molecular weight is 294 g/mol. The van der Waals surface area contributed by atoms with Crippen LogP contribution in [0.15, 0.2) is 24.3 Å². The molecule has 0 atom stereocenters. The number of benzene rings is 1. The van der Waals surface area contributed by atoms with Gasteiger partial charge < -0.3 is 14.5 Å². The van der Waals surface area contributed by atoms with Gasteiger partial charge in [0.15, 0.2) is 0 Å². The van der Waals surface area contributed by atoms with Crippen molar-refractivity contribution >= 4 is 11.8 Å². The molecule has 1 aromatic rings. The zero-order chi connectivity index (χ0) is 15.5. The summed E-state index contributed by atoms with van der Waals surface area (Å²) in [7, 11) is 0. The maximum absolute atomic E-state index is 13.0. The van der Waals surface area contributed by atoms with Crippen molar-refractivity contribution in [1.82, 2.24) is 4.90 Å². The Morgan fingerprint density at radius 1 is 1.10 bits per heavy atom. The number of nitrogens with zero attached hydrogens (tertiary/aromatic N) is 2. The van der Waals surface area contributed by atoms with Crippen LogP contribution in [-0.4, -0.2) is 42.8 Å². The summed E-state index contributed by atoms with van der Waals surface area (Å²) >= 11 is 0. The molecule has 116 valence electrons. The number of hydrogen-bond donors (Lipinski definition) is 0. The highest BCUT2D eigenvalue weighted by Crippen LogP contribution is 2.18. The number of carbonyl (C=O) groups excluding carboxylic acids is 1. The van der Waals surface area contributed by atoms with Crippen LogP contribution in [-0.2, 0) is 4.74 Å². The van der Waals surface area contributed by atoms with E-state index in [2.05, 4.69) is 4.90 Å². The topological polar surface area (TPSA) is 32.8 Å². The lowest BCUT2D eigenvalue weighted by Crippen LogP contribution is -2.39. The first-order chi connectivity index (χ1) is 9.85. The zero-order valence-electron chi connectivity index (χ0n) is 12.9. The van der Waals surface area contributed by atoms with Crippen molar-refractivity contribution < 1.29 is 13.9 Å². The van der Waals surface area contributed by atoms with E-state index in [0.717, 1.165) is 25.2 Å². The molecular formula is C16H23FN2O2.